The van der Waals surface area contributed by atoms with E-state index in [1.165, 1.54) is 0 Å². The second-order valence-electron chi connectivity index (χ2n) is 5.63. The number of hydrogen-bond acceptors (Lipinski definition) is 6. The monoisotopic (exact) mass is 527 g/mol. The van der Waals surface area contributed by atoms with E-state index in [9.17, 15) is 5.11 Å². The Morgan fingerprint density at radius 1 is 1.29 bits per heavy atom. The number of rotatable bonds is 2. The fourth-order valence-corrected chi connectivity index (χ4v) is 4.88. The van der Waals surface area contributed by atoms with Gasteiger partial charge in [-0.1, -0.05) is 0 Å². The van der Waals surface area contributed by atoms with Gasteiger partial charge < -0.3 is 5.11 Å². The Balaban J connectivity index is 0.000000471. The van der Waals surface area contributed by atoms with E-state index in [-0.39, 0.29) is 21.9 Å². The number of carbonyl (C=O) groups is 1. The molecule has 0 bridgehead atoms. The van der Waals surface area contributed by atoms with Gasteiger partial charge >= 0.3 is 134 Å². The van der Waals surface area contributed by atoms with Gasteiger partial charge in [0.05, 0.1) is 0 Å². The van der Waals surface area contributed by atoms with Gasteiger partial charge in [0.2, 0.25) is 0 Å². The minimum absolute atomic E-state index is 0.0516. The van der Waals surface area contributed by atoms with Crippen LogP contribution in [0.5, 0.6) is 0 Å². The van der Waals surface area contributed by atoms with Crippen molar-refractivity contribution in [3.05, 3.63) is 35.9 Å². The van der Waals surface area contributed by atoms with Crippen molar-refractivity contribution in [2.75, 3.05) is 13.7 Å². The van der Waals surface area contributed by atoms with Crippen molar-refractivity contribution in [1.29, 1.82) is 0 Å². The van der Waals surface area contributed by atoms with Crippen molar-refractivity contribution in [2.24, 2.45) is 0 Å². The molecule has 3 rings (SSSR count). The normalized spacial score (nSPS) is 35.4. The molecule has 0 aromatic heterocycles. The molecule has 1 aromatic carbocycles. The number of carboxylic acid groups (broad SMARTS) is 1. The van der Waals surface area contributed by atoms with Crippen LogP contribution in [0.1, 0.15) is 18.8 Å². The molecule has 1 aromatic rings. The van der Waals surface area contributed by atoms with E-state index in [2.05, 4.69) is 0 Å². The van der Waals surface area contributed by atoms with Gasteiger partial charge in [-0.3, -0.25) is 4.79 Å². The molecule has 0 spiro atoms. The number of ether oxygens (including phenoxy) is 4. The number of benzene rings is 1. The van der Waals surface area contributed by atoms with Crippen LogP contribution in [-0.4, -0.2) is 54.5 Å². The van der Waals surface area contributed by atoms with E-state index < -0.39 is 18.4 Å². The molecule has 6 atom stereocenters. The van der Waals surface area contributed by atoms with Crippen LogP contribution in [-0.2, 0) is 49.9 Å². The number of aliphatic hydroxyl groups excluding tert-OH is 1. The van der Waals surface area contributed by atoms with Crippen molar-refractivity contribution in [3.8, 4) is 0 Å². The molecule has 7 nitrogen and oxygen atoms in total. The number of carboxylic acids is 1. The second kappa shape index (κ2) is 9.21. The second-order valence-corrected chi connectivity index (χ2v) is 9.29. The zero-order chi connectivity index (χ0) is 17.7. The number of methoxy groups -OCH3 is 1. The molecule has 0 amide bonds. The van der Waals surface area contributed by atoms with Crippen molar-refractivity contribution in [3.63, 3.8) is 0 Å². The Bertz CT molecular complexity index is 520. The average Bonchev–Trinajstić information content (AvgIpc) is 2.58. The SMILES string of the molecule is CC(=O)O.COC1OC2COC(c3ccccc3)OC2C(O)[CH]1[Hg]. The van der Waals surface area contributed by atoms with Crippen molar-refractivity contribution in [1.82, 2.24) is 0 Å². The molecule has 2 saturated heterocycles. The van der Waals surface area contributed by atoms with Crippen molar-refractivity contribution in [2.45, 2.75) is 41.2 Å². The quantitative estimate of drug-likeness (QED) is 0.561. The first kappa shape index (κ1) is 19.7. The van der Waals surface area contributed by atoms with E-state index >= 15 is 0 Å². The summed E-state index contributed by atoms with van der Waals surface area (Å²) in [6.07, 6.45) is -1.93. The third-order valence-electron chi connectivity index (χ3n) is 3.80. The number of aliphatic hydroxyl groups is 1. The average molecular weight is 526 g/mol. The predicted octanol–water partition coefficient (Wildman–Crippen LogP) is 1.26. The summed E-state index contributed by atoms with van der Waals surface area (Å²) in [5.74, 6) is -0.833. The minimum atomic E-state index is -0.833. The molecule has 6 unspecified atom stereocenters. The standard InChI is InChI=1S/C14H17O5.C2H4O2.Hg/c1-16-12-7-10(15)13-11(18-12)8-17-14(19-13)9-5-3-2-4-6-9;1-2(3)4;/h2-7,10-15H,8H2,1H3;1H3,(H,3,4);. The molecule has 0 saturated carbocycles. The fourth-order valence-electron chi connectivity index (χ4n) is 2.66. The summed E-state index contributed by atoms with van der Waals surface area (Å²) in [6.45, 7) is 1.49. The summed E-state index contributed by atoms with van der Waals surface area (Å²) in [5, 5.41) is 17.9. The number of aliphatic carboxylic acids is 1. The maximum atomic E-state index is 10.4. The predicted molar refractivity (Wildman–Crippen MR) is 78.7 cm³/mol. The van der Waals surface area contributed by atoms with Crippen LogP contribution in [0, 0.1) is 0 Å². The van der Waals surface area contributed by atoms with Gasteiger partial charge in [0, 0.05) is 6.92 Å². The zero-order valence-corrected chi connectivity index (χ0v) is 19.2. The fraction of sp³-hybridized carbons (Fsp3) is 0.562. The van der Waals surface area contributed by atoms with E-state index in [1.54, 1.807) is 7.11 Å². The van der Waals surface area contributed by atoms with E-state index in [0.717, 1.165) is 12.5 Å². The molecule has 2 heterocycles. The summed E-state index contributed by atoms with van der Waals surface area (Å²) < 4.78 is 22.8. The van der Waals surface area contributed by atoms with Crippen LogP contribution in [0.15, 0.2) is 30.3 Å². The summed E-state index contributed by atoms with van der Waals surface area (Å²) in [7, 11) is 1.61. The Morgan fingerprint density at radius 3 is 2.50 bits per heavy atom. The van der Waals surface area contributed by atoms with E-state index in [0.29, 0.717) is 32.7 Å². The summed E-state index contributed by atoms with van der Waals surface area (Å²) in [5.41, 5.74) is 0.960. The van der Waals surface area contributed by atoms with Gasteiger partial charge in [-0.15, -0.1) is 0 Å². The summed E-state index contributed by atoms with van der Waals surface area (Å²) in [4.78, 5) is 9.00. The molecule has 2 aliphatic heterocycles. The van der Waals surface area contributed by atoms with Crippen LogP contribution >= 0.6 is 0 Å². The third kappa shape index (κ3) is 4.97. The summed E-state index contributed by atoms with van der Waals surface area (Å²) in [6, 6.07) is 9.76. The number of hydrogen-bond donors (Lipinski definition) is 2. The zero-order valence-electron chi connectivity index (χ0n) is 13.7. The Labute approximate surface area is 156 Å². The van der Waals surface area contributed by atoms with E-state index in [1.807, 2.05) is 30.3 Å². The number of fused-ring (bicyclic) bond motifs is 1. The molecule has 0 radical (unpaired) electrons. The van der Waals surface area contributed by atoms with Crippen LogP contribution in [0.4, 0.5) is 0 Å². The third-order valence-corrected chi connectivity index (χ3v) is 7.17. The molecule has 24 heavy (non-hydrogen) atoms. The van der Waals surface area contributed by atoms with Crippen molar-refractivity contribution < 1.29 is 60.1 Å². The first-order valence-corrected chi connectivity index (χ1v) is 10.8. The Hall–Kier alpha value is -0.575. The maximum absolute atomic E-state index is 10.4. The van der Waals surface area contributed by atoms with Gasteiger partial charge in [0.1, 0.15) is 0 Å². The van der Waals surface area contributed by atoms with Crippen LogP contribution < -0.4 is 0 Å². The van der Waals surface area contributed by atoms with Gasteiger partial charge in [-0.2, -0.15) is 0 Å². The van der Waals surface area contributed by atoms with Gasteiger partial charge in [-0.05, 0) is 0 Å². The first-order valence-electron chi connectivity index (χ1n) is 7.65. The van der Waals surface area contributed by atoms with Gasteiger partial charge in [-0.25, -0.2) is 0 Å². The molecule has 129 valence electrons. The first-order chi connectivity index (χ1) is 11.4. The molecular weight excluding hydrogens is 505 g/mol. The molecule has 2 aliphatic rings. The molecule has 2 fully saturated rings. The Morgan fingerprint density at radius 2 is 1.92 bits per heavy atom. The van der Waals surface area contributed by atoms with Crippen LogP contribution in [0.2, 0.25) is 3.43 Å². The van der Waals surface area contributed by atoms with Crippen LogP contribution in [0.25, 0.3) is 0 Å². The Kier molecular flexibility index (Phi) is 7.58. The van der Waals surface area contributed by atoms with Gasteiger partial charge in [0.25, 0.3) is 5.97 Å². The molecule has 8 heteroatoms. The molecule has 2 N–H and O–H groups in total. The van der Waals surface area contributed by atoms with Crippen LogP contribution in [0.3, 0.4) is 0 Å². The molecule has 0 aliphatic carbocycles. The van der Waals surface area contributed by atoms with Crippen molar-refractivity contribution >= 4 is 5.97 Å². The molecular formula is C16H21HgO7. The van der Waals surface area contributed by atoms with E-state index in [4.69, 9.17) is 28.8 Å². The van der Waals surface area contributed by atoms with Gasteiger partial charge in [0.15, 0.2) is 0 Å². The summed E-state index contributed by atoms with van der Waals surface area (Å²) >= 11 is 0.335. The topological polar surface area (TPSA) is 94.5 Å².